The first-order valence-electron chi connectivity index (χ1n) is 9.40. The lowest BCUT2D eigenvalue weighted by atomic mass is 10.0. The maximum absolute atomic E-state index is 13.0. The molecule has 27 heavy (non-hydrogen) atoms. The average Bonchev–Trinajstić information content (AvgIpc) is 3.04. The number of nitrogens with zero attached hydrogens (tertiary/aromatic N) is 3. The van der Waals surface area contributed by atoms with Crippen molar-refractivity contribution in [2.45, 2.75) is 25.4 Å². The first-order chi connectivity index (χ1) is 13.1. The highest BCUT2D eigenvalue weighted by atomic mass is 19.1. The number of urea groups is 2. The molecule has 2 fully saturated rings. The molecule has 3 rings (SSSR count). The Hall–Kier alpha value is -2.35. The summed E-state index contributed by atoms with van der Waals surface area (Å²) in [7, 11) is 1.60. The van der Waals surface area contributed by atoms with Crippen LogP contribution in [0.5, 0.6) is 0 Å². The molecule has 0 bridgehead atoms. The Balaban J connectivity index is 1.47. The second-order valence-corrected chi connectivity index (χ2v) is 6.97. The van der Waals surface area contributed by atoms with Crippen LogP contribution < -0.4 is 5.32 Å². The highest BCUT2D eigenvalue weighted by Crippen LogP contribution is 2.22. The Morgan fingerprint density at radius 1 is 1.19 bits per heavy atom. The van der Waals surface area contributed by atoms with E-state index in [9.17, 15) is 14.0 Å². The number of halogens is 1. The molecule has 1 aromatic rings. The van der Waals surface area contributed by atoms with Crippen LogP contribution in [-0.4, -0.2) is 79.2 Å². The second kappa shape index (κ2) is 9.03. The molecule has 0 radical (unpaired) electrons. The Morgan fingerprint density at radius 3 is 2.56 bits per heavy atom. The van der Waals surface area contributed by atoms with E-state index in [0.717, 1.165) is 18.4 Å². The molecule has 4 amide bonds. The lowest BCUT2D eigenvalue weighted by molar-refractivity contribution is 0.132. The SMILES string of the molecule is COCCNC(=O)N1CCC(N2CCN(Cc3ccc(F)cc3)C2=O)CC1. The average molecular weight is 378 g/mol. The molecule has 2 aliphatic heterocycles. The first-order valence-corrected chi connectivity index (χ1v) is 9.40. The van der Waals surface area contributed by atoms with Gasteiger partial charge < -0.3 is 24.8 Å². The standard InChI is InChI=1S/C19H27FN4O3/c1-27-13-8-21-18(25)22-9-6-17(7-10-22)24-12-11-23(19(24)26)14-15-2-4-16(20)5-3-15/h2-5,17H,6-14H2,1H3,(H,21,25). The van der Waals surface area contributed by atoms with E-state index in [1.165, 1.54) is 12.1 Å². The molecular weight excluding hydrogens is 351 g/mol. The summed E-state index contributed by atoms with van der Waals surface area (Å²) in [6, 6.07) is 6.39. The van der Waals surface area contributed by atoms with E-state index in [-0.39, 0.29) is 23.9 Å². The van der Waals surface area contributed by atoms with Crippen molar-refractivity contribution < 1.29 is 18.7 Å². The second-order valence-electron chi connectivity index (χ2n) is 6.97. The number of nitrogens with one attached hydrogen (secondary N) is 1. The Labute approximate surface area is 159 Å². The number of piperidine rings is 1. The van der Waals surface area contributed by atoms with Crippen molar-refractivity contribution in [1.29, 1.82) is 0 Å². The van der Waals surface area contributed by atoms with Gasteiger partial charge in [0.15, 0.2) is 0 Å². The molecule has 7 nitrogen and oxygen atoms in total. The summed E-state index contributed by atoms with van der Waals surface area (Å²) in [5.74, 6) is -0.272. The van der Waals surface area contributed by atoms with Gasteiger partial charge in [0, 0.05) is 52.4 Å². The fraction of sp³-hybridized carbons (Fsp3) is 0.579. The van der Waals surface area contributed by atoms with E-state index in [4.69, 9.17) is 4.74 Å². The molecule has 148 valence electrons. The van der Waals surface area contributed by atoms with Gasteiger partial charge in [0.2, 0.25) is 0 Å². The van der Waals surface area contributed by atoms with Gasteiger partial charge in [-0.05, 0) is 30.5 Å². The smallest absolute Gasteiger partial charge is 0.320 e. The van der Waals surface area contributed by atoms with Gasteiger partial charge in [-0.25, -0.2) is 14.0 Å². The summed E-state index contributed by atoms with van der Waals surface area (Å²) in [6.07, 6.45) is 1.57. The van der Waals surface area contributed by atoms with Crippen molar-refractivity contribution in [2.75, 3.05) is 46.4 Å². The zero-order chi connectivity index (χ0) is 19.2. The molecule has 2 saturated heterocycles. The molecule has 2 aliphatic rings. The molecule has 0 aromatic heterocycles. The summed E-state index contributed by atoms with van der Waals surface area (Å²) in [6.45, 7) is 4.15. The van der Waals surface area contributed by atoms with E-state index in [1.54, 1.807) is 29.0 Å². The predicted octanol–water partition coefficient (Wildman–Crippen LogP) is 1.88. The lowest BCUT2D eigenvalue weighted by Crippen LogP contribution is -2.50. The number of rotatable bonds is 6. The van der Waals surface area contributed by atoms with Crippen molar-refractivity contribution in [3.05, 3.63) is 35.6 Å². The van der Waals surface area contributed by atoms with Crippen LogP contribution in [0.3, 0.4) is 0 Å². The van der Waals surface area contributed by atoms with Crippen LogP contribution >= 0.6 is 0 Å². The number of carbonyl (C=O) groups excluding carboxylic acids is 2. The molecule has 0 unspecified atom stereocenters. The number of ether oxygens (including phenoxy) is 1. The Bertz CT molecular complexity index is 647. The molecule has 1 aromatic carbocycles. The van der Waals surface area contributed by atoms with Gasteiger partial charge in [-0.3, -0.25) is 0 Å². The van der Waals surface area contributed by atoms with Gasteiger partial charge in [-0.15, -0.1) is 0 Å². The van der Waals surface area contributed by atoms with Crippen LogP contribution in [0.25, 0.3) is 0 Å². The third kappa shape index (κ3) is 4.88. The largest absolute Gasteiger partial charge is 0.383 e. The molecule has 1 N–H and O–H groups in total. The fourth-order valence-electron chi connectivity index (χ4n) is 3.65. The van der Waals surface area contributed by atoms with Crippen LogP contribution in [0.1, 0.15) is 18.4 Å². The summed E-state index contributed by atoms with van der Waals surface area (Å²) in [5, 5.41) is 2.83. The van der Waals surface area contributed by atoms with Gasteiger partial charge in [0.05, 0.1) is 6.61 Å². The normalized spacial score (nSPS) is 18.3. The van der Waals surface area contributed by atoms with E-state index in [1.807, 2.05) is 4.90 Å². The van der Waals surface area contributed by atoms with Crippen LogP contribution in [0.2, 0.25) is 0 Å². The highest BCUT2D eigenvalue weighted by molar-refractivity contribution is 5.77. The Morgan fingerprint density at radius 2 is 1.89 bits per heavy atom. The van der Waals surface area contributed by atoms with Crippen LogP contribution in [0.4, 0.5) is 14.0 Å². The van der Waals surface area contributed by atoms with Crippen LogP contribution in [0, 0.1) is 5.82 Å². The minimum atomic E-state index is -0.272. The number of benzene rings is 1. The summed E-state index contributed by atoms with van der Waals surface area (Å²) >= 11 is 0. The molecule has 0 spiro atoms. The monoisotopic (exact) mass is 378 g/mol. The van der Waals surface area contributed by atoms with Crippen molar-refractivity contribution in [1.82, 2.24) is 20.0 Å². The molecule has 0 saturated carbocycles. The lowest BCUT2D eigenvalue weighted by Gasteiger charge is -2.36. The fourth-order valence-corrected chi connectivity index (χ4v) is 3.65. The zero-order valence-corrected chi connectivity index (χ0v) is 15.7. The van der Waals surface area contributed by atoms with E-state index in [2.05, 4.69) is 5.32 Å². The van der Waals surface area contributed by atoms with E-state index in [0.29, 0.717) is 45.9 Å². The molecule has 0 aliphatic carbocycles. The number of carbonyl (C=O) groups is 2. The molecular formula is C19H27FN4O3. The van der Waals surface area contributed by atoms with Crippen LogP contribution in [-0.2, 0) is 11.3 Å². The summed E-state index contributed by atoms with van der Waals surface area (Å²) in [4.78, 5) is 30.3. The van der Waals surface area contributed by atoms with Crippen molar-refractivity contribution >= 4 is 12.1 Å². The Kier molecular flexibility index (Phi) is 6.49. The quantitative estimate of drug-likeness (QED) is 0.769. The molecule has 2 heterocycles. The van der Waals surface area contributed by atoms with Gasteiger partial charge in [0.25, 0.3) is 0 Å². The number of hydrogen-bond donors (Lipinski definition) is 1. The molecule has 0 atom stereocenters. The maximum Gasteiger partial charge on any atom is 0.320 e. The van der Waals surface area contributed by atoms with E-state index >= 15 is 0 Å². The van der Waals surface area contributed by atoms with Gasteiger partial charge in [-0.2, -0.15) is 0 Å². The van der Waals surface area contributed by atoms with Crippen molar-refractivity contribution in [3.63, 3.8) is 0 Å². The number of methoxy groups -OCH3 is 1. The molecule has 8 heteroatoms. The van der Waals surface area contributed by atoms with Gasteiger partial charge >= 0.3 is 12.1 Å². The number of hydrogen-bond acceptors (Lipinski definition) is 3. The number of likely N-dealkylation sites (tertiary alicyclic amines) is 1. The zero-order valence-electron chi connectivity index (χ0n) is 15.7. The minimum Gasteiger partial charge on any atom is -0.383 e. The van der Waals surface area contributed by atoms with Gasteiger partial charge in [-0.1, -0.05) is 12.1 Å². The summed E-state index contributed by atoms with van der Waals surface area (Å²) < 4.78 is 18.0. The van der Waals surface area contributed by atoms with E-state index < -0.39 is 0 Å². The highest BCUT2D eigenvalue weighted by Gasteiger charge is 2.35. The van der Waals surface area contributed by atoms with Gasteiger partial charge in [0.1, 0.15) is 5.82 Å². The minimum absolute atomic E-state index is 0.0299. The maximum atomic E-state index is 13.0. The number of amides is 4. The summed E-state index contributed by atoms with van der Waals surface area (Å²) in [5.41, 5.74) is 0.925. The topological polar surface area (TPSA) is 65.1 Å². The van der Waals surface area contributed by atoms with Crippen molar-refractivity contribution in [2.24, 2.45) is 0 Å². The predicted molar refractivity (Wildman–Crippen MR) is 98.8 cm³/mol. The third-order valence-electron chi connectivity index (χ3n) is 5.19. The third-order valence-corrected chi connectivity index (χ3v) is 5.19. The first kappa shape index (κ1) is 19.4. The van der Waals surface area contributed by atoms with Crippen molar-refractivity contribution in [3.8, 4) is 0 Å². The van der Waals surface area contributed by atoms with Crippen LogP contribution in [0.15, 0.2) is 24.3 Å².